The first-order valence-corrected chi connectivity index (χ1v) is 8.80. The van der Waals surface area contributed by atoms with E-state index in [1.807, 2.05) is 0 Å². The van der Waals surface area contributed by atoms with Crippen molar-refractivity contribution >= 4 is 14.3 Å². The highest BCUT2D eigenvalue weighted by molar-refractivity contribution is 6.70. The van der Waals surface area contributed by atoms with E-state index in [0.29, 0.717) is 17.1 Å². The Kier molecular flexibility index (Phi) is 4.17. The Morgan fingerprint density at radius 2 is 1.94 bits per heavy atom. The number of rotatable bonds is 5. The topological polar surface area (TPSA) is 55.8 Å². The van der Waals surface area contributed by atoms with Crippen LogP contribution in [0.4, 0.5) is 0 Å². The smallest absolute Gasteiger partial charge is 0.307 e. The summed E-state index contributed by atoms with van der Waals surface area (Å²) in [6, 6.07) is 5.23. The van der Waals surface area contributed by atoms with Gasteiger partial charge in [-0.25, -0.2) is 0 Å². The Bertz CT molecular complexity index is 409. The molecule has 0 amide bonds. The molecule has 0 fully saturated rings. The maximum atomic E-state index is 10.7. The molecule has 1 aromatic rings. The van der Waals surface area contributed by atoms with Gasteiger partial charge in [-0.3, -0.25) is 4.79 Å². The first kappa shape index (κ1) is 13.6. The van der Waals surface area contributed by atoms with Crippen molar-refractivity contribution < 1.29 is 19.1 Å². The van der Waals surface area contributed by atoms with Gasteiger partial charge >= 0.3 is 5.97 Å². The second-order valence-corrected chi connectivity index (χ2v) is 9.20. The summed E-state index contributed by atoms with van der Waals surface area (Å²) in [6.45, 7) is 6.20. The molecule has 0 unspecified atom stereocenters. The van der Waals surface area contributed by atoms with Crippen LogP contribution in [0.25, 0.3) is 0 Å². The summed E-state index contributed by atoms with van der Waals surface area (Å²) in [5, 5.41) is 8.75. The lowest BCUT2D eigenvalue weighted by atomic mass is 10.1. The molecule has 5 heteroatoms. The van der Waals surface area contributed by atoms with Gasteiger partial charge < -0.3 is 14.3 Å². The van der Waals surface area contributed by atoms with Gasteiger partial charge in [0.15, 0.2) is 5.75 Å². The van der Waals surface area contributed by atoms with Gasteiger partial charge in [0.2, 0.25) is 8.32 Å². The SMILES string of the molecule is COc1ccc(CC(=O)O)cc1O[Si](C)(C)C. The van der Waals surface area contributed by atoms with Gasteiger partial charge in [-0.1, -0.05) is 6.07 Å². The van der Waals surface area contributed by atoms with Crippen molar-refractivity contribution in [2.24, 2.45) is 0 Å². The number of ether oxygens (including phenoxy) is 1. The van der Waals surface area contributed by atoms with Crippen LogP contribution in [-0.4, -0.2) is 26.5 Å². The third-order valence-electron chi connectivity index (χ3n) is 2.00. The molecule has 0 aliphatic carbocycles. The Balaban J connectivity index is 3.02. The third-order valence-corrected chi connectivity index (χ3v) is 2.83. The lowest BCUT2D eigenvalue weighted by Crippen LogP contribution is -2.29. The Morgan fingerprint density at radius 1 is 1.29 bits per heavy atom. The number of hydrogen-bond donors (Lipinski definition) is 1. The van der Waals surface area contributed by atoms with Gasteiger partial charge in [-0.05, 0) is 37.3 Å². The molecular formula is C12H18O4Si. The fourth-order valence-corrected chi connectivity index (χ4v) is 2.23. The van der Waals surface area contributed by atoms with Crippen LogP contribution in [0, 0.1) is 0 Å². The molecule has 17 heavy (non-hydrogen) atoms. The molecule has 0 aromatic heterocycles. The monoisotopic (exact) mass is 254 g/mol. The van der Waals surface area contributed by atoms with E-state index >= 15 is 0 Å². The lowest BCUT2D eigenvalue weighted by molar-refractivity contribution is -0.136. The number of carbonyl (C=O) groups is 1. The van der Waals surface area contributed by atoms with Gasteiger partial charge in [-0.15, -0.1) is 0 Å². The van der Waals surface area contributed by atoms with Gasteiger partial charge in [0.25, 0.3) is 0 Å². The predicted octanol–water partition coefficient (Wildman–Crippen LogP) is 2.54. The standard InChI is InChI=1S/C12H18O4Si/c1-15-10-6-5-9(8-12(13)14)7-11(10)16-17(2,3)4/h5-7H,8H2,1-4H3,(H,13,14). The summed E-state index contributed by atoms with van der Waals surface area (Å²) < 4.78 is 11.1. The molecule has 1 rings (SSSR count). The molecule has 0 heterocycles. The Labute approximate surface area is 102 Å². The van der Waals surface area contributed by atoms with E-state index < -0.39 is 14.3 Å². The molecule has 0 spiro atoms. The molecular weight excluding hydrogens is 236 g/mol. The zero-order valence-electron chi connectivity index (χ0n) is 10.6. The van der Waals surface area contributed by atoms with Crippen molar-refractivity contribution in [2.75, 3.05) is 7.11 Å². The van der Waals surface area contributed by atoms with E-state index in [2.05, 4.69) is 19.6 Å². The normalized spacial score (nSPS) is 11.1. The minimum Gasteiger partial charge on any atom is -0.542 e. The molecule has 0 bridgehead atoms. The maximum absolute atomic E-state index is 10.7. The predicted molar refractivity (Wildman–Crippen MR) is 68.3 cm³/mol. The summed E-state index contributed by atoms with van der Waals surface area (Å²) in [7, 11) is -0.163. The van der Waals surface area contributed by atoms with Crippen LogP contribution >= 0.6 is 0 Å². The average Bonchev–Trinajstić information content (AvgIpc) is 2.14. The molecule has 0 radical (unpaired) electrons. The van der Waals surface area contributed by atoms with Gasteiger partial charge in [0, 0.05) is 0 Å². The van der Waals surface area contributed by atoms with Crippen molar-refractivity contribution in [3.63, 3.8) is 0 Å². The molecule has 0 aliphatic rings. The van der Waals surface area contributed by atoms with E-state index in [-0.39, 0.29) is 6.42 Å². The highest BCUT2D eigenvalue weighted by Gasteiger charge is 2.19. The summed E-state index contributed by atoms with van der Waals surface area (Å²) in [5.41, 5.74) is 0.714. The Morgan fingerprint density at radius 3 is 2.41 bits per heavy atom. The van der Waals surface area contributed by atoms with Gasteiger partial charge in [-0.2, -0.15) is 0 Å². The quantitative estimate of drug-likeness (QED) is 0.820. The summed E-state index contributed by atoms with van der Waals surface area (Å²) in [6.07, 6.45) is -0.00788. The van der Waals surface area contributed by atoms with Crippen molar-refractivity contribution in [3.05, 3.63) is 23.8 Å². The molecule has 0 saturated carbocycles. The zero-order chi connectivity index (χ0) is 13.1. The van der Waals surface area contributed by atoms with Gasteiger partial charge in [0.1, 0.15) is 5.75 Å². The molecule has 1 N–H and O–H groups in total. The molecule has 0 aliphatic heterocycles. The first-order valence-electron chi connectivity index (χ1n) is 5.39. The zero-order valence-corrected chi connectivity index (χ0v) is 11.6. The van der Waals surface area contributed by atoms with E-state index in [1.54, 1.807) is 25.3 Å². The van der Waals surface area contributed by atoms with Crippen LogP contribution < -0.4 is 9.16 Å². The van der Waals surface area contributed by atoms with E-state index in [9.17, 15) is 4.79 Å². The van der Waals surface area contributed by atoms with Crippen LogP contribution in [0.15, 0.2) is 18.2 Å². The fraction of sp³-hybridized carbons (Fsp3) is 0.417. The summed E-state index contributed by atoms with van der Waals surface area (Å²) in [5.74, 6) is 0.418. The average molecular weight is 254 g/mol. The summed E-state index contributed by atoms with van der Waals surface area (Å²) >= 11 is 0. The van der Waals surface area contributed by atoms with Crippen LogP contribution in [-0.2, 0) is 11.2 Å². The molecule has 0 saturated heterocycles. The van der Waals surface area contributed by atoms with Crippen LogP contribution in [0.2, 0.25) is 19.6 Å². The van der Waals surface area contributed by atoms with Gasteiger partial charge in [0.05, 0.1) is 13.5 Å². The van der Waals surface area contributed by atoms with E-state index in [1.165, 1.54) is 0 Å². The number of aliphatic carboxylic acids is 1. The van der Waals surface area contributed by atoms with E-state index in [4.69, 9.17) is 14.3 Å². The third kappa shape index (κ3) is 4.48. The maximum Gasteiger partial charge on any atom is 0.307 e. The first-order chi connectivity index (χ1) is 7.81. The van der Waals surface area contributed by atoms with Crippen LogP contribution in [0.1, 0.15) is 5.56 Å². The van der Waals surface area contributed by atoms with Crippen LogP contribution in [0.3, 0.4) is 0 Å². The van der Waals surface area contributed by atoms with Crippen LogP contribution in [0.5, 0.6) is 11.5 Å². The Hall–Kier alpha value is -1.49. The number of hydrogen-bond acceptors (Lipinski definition) is 3. The van der Waals surface area contributed by atoms with E-state index in [0.717, 1.165) is 0 Å². The van der Waals surface area contributed by atoms with Crippen molar-refractivity contribution in [2.45, 2.75) is 26.1 Å². The highest BCUT2D eigenvalue weighted by atomic mass is 28.4. The second-order valence-electron chi connectivity index (χ2n) is 4.77. The molecule has 1 aromatic carbocycles. The largest absolute Gasteiger partial charge is 0.542 e. The summed E-state index contributed by atoms with van der Waals surface area (Å²) in [4.78, 5) is 10.7. The lowest BCUT2D eigenvalue weighted by Gasteiger charge is -2.21. The number of benzene rings is 1. The highest BCUT2D eigenvalue weighted by Crippen LogP contribution is 2.30. The number of carboxylic acid groups (broad SMARTS) is 1. The number of methoxy groups -OCH3 is 1. The minimum absolute atomic E-state index is 0.00788. The van der Waals surface area contributed by atoms with Crippen molar-refractivity contribution in [3.8, 4) is 11.5 Å². The fourth-order valence-electron chi connectivity index (χ4n) is 1.42. The minimum atomic E-state index is -1.74. The molecule has 4 nitrogen and oxygen atoms in total. The van der Waals surface area contributed by atoms with Crippen molar-refractivity contribution in [1.29, 1.82) is 0 Å². The van der Waals surface area contributed by atoms with Crippen molar-refractivity contribution in [1.82, 2.24) is 0 Å². The second kappa shape index (κ2) is 5.22. The molecule has 0 atom stereocenters. The molecule has 94 valence electrons. The number of carboxylic acids is 1.